The van der Waals surface area contributed by atoms with Crippen molar-refractivity contribution in [2.24, 2.45) is 17.8 Å². The predicted octanol–water partition coefficient (Wildman–Crippen LogP) is 3.55. The molecule has 2 amide bonds. The monoisotopic (exact) mass is 333 g/mol. The van der Waals surface area contributed by atoms with Crippen molar-refractivity contribution in [2.45, 2.75) is 38.6 Å². The first kappa shape index (κ1) is 16.5. The number of hydrogen-bond acceptors (Lipinski definition) is 4. The van der Waals surface area contributed by atoms with Crippen molar-refractivity contribution >= 4 is 17.4 Å². The minimum atomic E-state index is -0.496. The van der Waals surface area contributed by atoms with Gasteiger partial charge in [-0.05, 0) is 50.0 Å². The van der Waals surface area contributed by atoms with Crippen molar-refractivity contribution in [2.75, 3.05) is 12.4 Å². The Morgan fingerprint density at radius 3 is 2.75 bits per heavy atom. The van der Waals surface area contributed by atoms with Gasteiger partial charge in [-0.2, -0.15) is 0 Å². The Hall–Kier alpha value is -2.31. The Labute approximate surface area is 140 Å². The lowest BCUT2D eigenvalue weighted by atomic mass is 9.84. The molecule has 7 heteroatoms. The van der Waals surface area contributed by atoms with E-state index >= 15 is 0 Å². The number of rotatable bonds is 5. The fourth-order valence-electron chi connectivity index (χ4n) is 4.28. The summed E-state index contributed by atoms with van der Waals surface area (Å²) < 4.78 is 5.14. The molecule has 0 unspecified atom stereocenters. The van der Waals surface area contributed by atoms with Crippen LogP contribution in [0.25, 0.3) is 0 Å². The van der Waals surface area contributed by atoms with Crippen LogP contribution in [-0.2, 0) is 0 Å². The minimum Gasteiger partial charge on any atom is -0.494 e. The zero-order valence-electron chi connectivity index (χ0n) is 14.0. The van der Waals surface area contributed by atoms with Gasteiger partial charge in [0.05, 0.1) is 23.8 Å². The van der Waals surface area contributed by atoms with Crippen LogP contribution in [0.15, 0.2) is 18.2 Å². The number of nitrogens with one attached hydrogen (secondary N) is 2. The van der Waals surface area contributed by atoms with Crippen LogP contribution in [0.2, 0.25) is 0 Å². The van der Waals surface area contributed by atoms with Gasteiger partial charge in [-0.15, -0.1) is 0 Å². The third kappa shape index (κ3) is 3.29. The number of fused-ring (bicyclic) bond motifs is 2. The van der Waals surface area contributed by atoms with Crippen molar-refractivity contribution < 1.29 is 14.5 Å². The minimum absolute atomic E-state index is 0.0758. The van der Waals surface area contributed by atoms with Crippen molar-refractivity contribution in [1.29, 1.82) is 0 Å². The first-order valence-corrected chi connectivity index (χ1v) is 8.38. The highest BCUT2D eigenvalue weighted by Crippen LogP contribution is 2.49. The molecule has 4 atom stereocenters. The second kappa shape index (κ2) is 6.67. The largest absolute Gasteiger partial charge is 0.494 e. The number of urea groups is 1. The maximum atomic E-state index is 12.3. The number of ether oxygens (including phenoxy) is 1. The molecule has 3 rings (SSSR count). The van der Waals surface area contributed by atoms with Crippen LogP contribution in [0, 0.1) is 27.9 Å². The molecule has 2 fully saturated rings. The summed E-state index contributed by atoms with van der Waals surface area (Å²) in [5, 5.41) is 16.5. The first-order chi connectivity index (χ1) is 11.5. The number of amides is 2. The Kier molecular flexibility index (Phi) is 4.59. The molecular weight excluding hydrogens is 310 g/mol. The number of nitro benzene ring substituents is 1. The molecule has 1 aromatic carbocycles. The molecule has 0 aromatic heterocycles. The third-order valence-corrected chi connectivity index (χ3v) is 5.44. The maximum absolute atomic E-state index is 12.3. The average molecular weight is 333 g/mol. The highest BCUT2D eigenvalue weighted by molar-refractivity contribution is 5.91. The van der Waals surface area contributed by atoms with Crippen LogP contribution < -0.4 is 15.4 Å². The molecular formula is C17H23N3O4. The number of hydrogen-bond donors (Lipinski definition) is 2. The highest BCUT2D eigenvalue weighted by atomic mass is 16.6. The van der Waals surface area contributed by atoms with E-state index in [1.807, 2.05) is 0 Å². The summed E-state index contributed by atoms with van der Waals surface area (Å²) in [6.07, 6.45) is 5.11. The first-order valence-electron chi connectivity index (χ1n) is 8.38. The molecule has 1 aromatic rings. The van der Waals surface area contributed by atoms with Gasteiger partial charge in [0.2, 0.25) is 0 Å². The second-order valence-electron chi connectivity index (χ2n) is 6.87. The zero-order chi connectivity index (χ0) is 17.3. The summed E-state index contributed by atoms with van der Waals surface area (Å²) in [6.45, 7) is 2.05. The smallest absolute Gasteiger partial charge is 0.319 e. The van der Waals surface area contributed by atoms with Gasteiger partial charge in [-0.3, -0.25) is 10.1 Å². The normalized spacial score (nSPS) is 26.0. The van der Waals surface area contributed by atoms with Gasteiger partial charge in [-0.1, -0.05) is 6.42 Å². The summed E-state index contributed by atoms with van der Waals surface area (Å²) >= 11 is 0. The van der Waals surface area contributed by atoms with Crippen LogP contribution in [-0.4, -0.2) is 24.1 Å². The van der Waals surface area contributed by atoms with Crippen LogP contribution in [0.5, 0.6) is 5.75 Å². The zero-order valence-corrected chi connectivity index (χ0v) is 14.0. The van der Waals surface area contributed by atoms with E-state index < -0.39 is 4.92 Å². The summed E-state index contributed by atoms with van der Waals surface area (Å²) in [5.41, 5.74) is 0.342. The van der Waals surface area contributed by atoms with Crippen LogP contribution in [0.1, 0.15) is 32.6 Å². The van der Waals surface area contributed by atoms with Crippen molar-refractivity contribution in [1.82, 2.24) is 5.32 Å². The predicted molar refractivity (Wildman–Crippen MR) is 90.2 cm³/mol. The Morgan fingerprint density at radius 2 is 2.17 bits per heavy atom. The number of nitro groups is 1. The van der Waals surface area contributed by atoms with Crippen molar-refractivity contribution in [3.05, 3.63) is 28.3 Å². The molecule has 2 N–H and O–H groups in total. The summed E-state index contributed by atoms with van der Waals surface area (Å²) in [5.74, 6) is 2.39. The van der Waals surface area contributed by atoms with E-state index in [-0.39, 0.29) is 23.5 Å². The van der Waals surface area contributed by atoms with E-state index in [2.05, 4.69) is 17.6 Å². The molecule has 0 saturated heterocycles. The number of methoxy groups -OCH3 is 1. The molecule has 0 aliphatic heterocycles. The maximum Gasteiger partial charge on any atom is 0.319 e. The third-order valence-electron chi connectivity index (χ3n) is 5.44. The second-order valence-corrected chi connectivity index (χ2v) is 6.87. The average Bonchev–Trinajstić information content (AvgIpc) is 3.17. The SMILES string of the molecule is COc1cc([N+](=O)[O-])ccc1NC(=O)N[C@@H](C)[C@@H]1C[C@@H]2CC[C@@H]1C2. The van der Waals surface area contributed by atoms with Crippen LogP contribution >= 0.6 is 0 Å². The Morgan fingerprint density at radius 1 is 1.38 bits per heavy atom. The lowest BCUT2D eigenvalue weighted by Crippen LogP contribution is -2.42. The van der Waals surface area contributed by atoms with Gasteiger partial charge in [0, 0.05) is 12.1 Å². The molecule has 2 aliphatic rings. The Bertz CT molecular complexity index is 649. The molecule has 0 spiro atoms. The van der Waals surface area contributed by atoms with Crippen LogP contribution in [0.3, 0.4) is 0 Å². The number of carbonyl (C=O) groups excluding carboxylic acids is 1. The molecule has 2 aliphatic carbocycles. The fraction of sp³-hybridized carbons (Fsp3) is 0.588. The lowest BCUT2D eigenvalue weighted by Gasteiger charge is -2.28. The molecule has 7 nitrogen and oxygen atoms in total. The quantitative estimate of drug-likeness (QED) is 0.636. The summed E-state index contributed by atoms with van der Waals surface area (Å²) in [7, 11) is 1.42. The van der Waals surface area contributed by atoms with E-state index in [9.17, 15) is 14.9 Å². The van der Waals surface area contributed by atoms with Gasteiger partial charge in [0.1, 0.15) is 5.75 Å². The van der Waals surface area contributed by atoms with E-state index in [4.69, 9.17) is 4.74 Å². The molecule has 2 bridgehead atoms. The number of anilines is 1. The molecule has 130 valence electrons. The topological polar surface area (TPSA) is 93.5 Å². The van der Waals surface area contributed by atoms with Gasteiger partial charge in [0.25, 0.3) is 5.69 Å². The summed E-state index contributed by atoms with van der Waals surface area (Å²) in [4.78, 5) is 22.6. The standard InChI is InChI=1S/C17H23N3O4/c1-10(14-8-11-3-4-12(14)7-11)18-17(21)19-15-6-5-13(20(22)23)9-16(15)24-2/h5-6,9-12,14H,3-4,7-8H2,1-2H3,(H2,18,19,21)/t10-,11+,12+,14-/m0/s1. The molecule has 0 heterocycles. The van der Waals surface area contributed by atoms with Gasteiger partial charge >= 0.3 is 6.03 Å². The van der Waals surface area contributed by atoms with Crippen molar-refractivity contribution in [3.8, 4) is 5.75 Å². The number of nitrogens with zero attached hydrogens (tertiary/aromatic N) is 1. The van der Waals surface area contributed by atoms with Gasteiger partial charge in [0.15, 0.2) is 0 Å². The number of carbonyl (C=O) groups is 1. The summed E-state index contributed by atoms with van der Waals surface area (Å²) in [6, 6.07) is 3.94. The van der Waals surface area contributed by atoms with Crippen molar-refractivity contribution in [3.63, 3.8) is 0 Å². The molecule has 0 radical (unpaired) electrons. The van der Waals surface area contributed by atoms with E-state index in [1.165, 1.54) is 51.0 Å². The lowest BCUT2D eigenvalue weighted by molar-refractivity contribution is -0.384. The highest BCUT2D eigenvalue weighted by Gasteiger charge is 2.42. The number of non-ortho nitro benzene ring substituents is 1. The molecule has 24 heavy (non-hydrogen) atoms. The van der Waals surface area contributed by atoms with Gasteiger partial charge < -0.3 is 15.4 Å². The van der Waals surface area contributed by atoms with E-state index in [0.29, 0.717) is 11.6 Å². The van der Waals surface area contributed by atoms with E-state index in [1.54, 1.807) is 0 Å². The fourth-order valence-corrected chi connectivity index (χ4v) is 4.28. The molecule has 2 saturated carbocycles. The van der Waals surface area contributed by atoms with Crippen LogP contribution in [0.4, 0.5) is 16.2 Å². The Balaban J connectivity index is 1.61. The van der Waals surface area contributed by atoms with E-state index in [0.717, 1.165) is 11.8 Å². The van der Waals surface area contributed by atoms with Gasteiger partial charge in [-0.25, -0.2) is 4.79 Å². The number of benzene rings is 1.